The summed E-state index contributed by atoms with van der Waals surface area (Å²) in [7, 11) is 0. The molecule has 5 atom stereocenters. The summed E-state index contributed by atoms with van der Waals surface area (Å²) in [5.41, 5.74) is 1.36. The second kappa shape index (κ2) is 12.1. The Morgan fingerprint density at radius 3 is 2.70 bits per heavy atom. The van der Waals surface area contributed by atoms with Crippen LogP contribution in [0.1, 0.15) is 29.1 Å². The predicted molar refractivity (Wildman–Crippen MR) is 150 cm³/mol. The first-order valence-corrected chi connectivity index (χ1v) is 13.5. The maximum Gasteiger partial charge on any atom is 0.339 e. The number of rotatable bonds is 9. The Bertz CT molecular complexity index is 1670. The van der Waals surface area contributed by atoms with Gasteiger partial charge in [0.25, 0.3) is 0 Å². The predicted octanol–water partition coefficient (Wildman–Crippen LogP) is 3.60. The zero-order valence-corrected chi connectivity index (χ0v) is 22.8. The van der Waals surface area contributed by atoms with Crippen LogP contribution >= 0.6 is 0 Å². The molecule has 0 spiro atoms. The topological polar surface area (TPSA) is 159 Å². The van der Waals surface area contributed by atoms with Crippen LogP contribution in [-0.4, -0.2) is 74.4 Å². The highest BCUT2D eigenvalue weighted by atomic mass is 19.1. The fourth-order valence-electron chi connectivity index (χ4n) is 4.97. The van der Waals surface area contributed by atoms with Gasteiger partial charge < -0.3 is 29.4 Å². The van der Waals surface area contributed by atoms with Crippen LogP contribution in [0.15, 0.2) is 67.3 Å². The molecule has 4 aromatic rings. The van der Waals surface area contributed by atoms with E-state index in [4.69, 9.17) is 18.9 Å². The van der Waals surface area contributed by atoms with E-state index in [2.05, 4.69) is 25.6 Å². The molecule has 222 valence electrons. The van der Waals surface area contributed by atoms with E-state index in [1.807, 2.05) is 36.4 Å². The fourth-order valence-corrected chi connectivity index (χ4v) is 4.97. The number of carboxylic acid groups (broad SMARTS) is 1. The van der Waals surface area contributed by atoms with Gasteiger partial charge in [-0.2, -0.15) is 0 Å². The minimum absolute atomic E-state index is 0.0150. The van der Waals surface area contributed by atoms with Crippen LogP contribution in [0.4, 0.5) is 15.0 Å². The van der Waals surface area contributed by atoms with Crippen LogP contribution in [0.2, 0.25) is 0 Å². The molecule has 2 aromatic carbocycles. The van der Waals surface area contributed by atoms with Crippen molar-refractivity contribution in [3.05, 3.63) is 84.2 Å². The van der Waals surface area contributed by atoms with E-state index in [1.165, 1.54) is 18.7 Å². The van der Waals surface area contributed by atoms with Crippen molar-refractivity contribution in [2.75, 3.05) is 18.5 Å². The summed E-state index contributed by atoms with van der Waals surface area (Å²) in [6.07, 6.45) is 2.99. The second-order valence-electron chi connectivity index (χ2n) is 9.69. The van der Waals surface area contributed by atoms with Gasteiger partial charge >= 0.3 is 12.0 Å². The van der Waals surface area contributed by atoms with Gasteiger partial charge in [-0.1, -0.05) is 36.4 Å². The average molecular weight is 591 g/mol. The maximum atomic E-state index is 13.7. The number of imidazole rings is 1. The first kappa shape index (κ1) is 28.2. The lowest BCUT2D eigenvalue weighted by atomic mass is 10.1. The molecule has 2 fully saturated rings. The van der Waals surface area contributed by atoms with E-state index in [0.29, 0.717) is 17.7 Å². The number of urea groups is 1. The molecule has 3 N–H and O–H groups in total. The summed E-state index contributed by atoms with van der Waals surface area (Å²) in [6, 6.07) is 12.5. The van der Waals surface area contributed by atoms with E-state index < -0.39 is 48.6 Å². The van der Waals surface area contributed by atoms with Crippen molar-refractivity contribution in [2.24, 2.45) is 0 Å². The molecule has 14 heteroatoms. The van der Waals surface area contributed by atoms with Crippen LogP contribution in [0.3, 0.4) is 0 Å². The molecular formula is C29H27FN6O7. The van der Waals surface area contributed by atoms with Crippen LogP contribution in [-0.2, 0) is 14.2 Å². The molecule has 2 amide bonds. The Kier molecular flexibility index (Phi) is 7.96. The third-order valence-electron chi connectivity index (χ3n) is 6.89. The van der Waals surface area contributed by atoms with Gasteiger partial charge in [0, 0.05) is 6.54 Å². The number of aromatic carboxylic acids is 1. The average Bonchev–Trinajstić information content (AvgIpc) is 3.70. The van der Waals surface area contributed by atoms with Crippen molar-refractivity contribution in [1.82, 2.24) is 24.8 Å². The van der Waals surface area contributed by atoms with Crippen molar-refractivity contribution in [3.63, 3.8) is 0 Å². The number of nitrogens with zero attached hydrogens (tertiary/aromatic N) is 4. The monoisotopic (exact) mass is 590 g/mol. The van der Waals surface area contributed by atoms with Crippen molar-refractivity contribution in [1.29, 1.82) is 0 Å². The normalized spacial score (nSPS) is 23.0. The minimum Gasteiger partial charge on any atom is -0.490 e. The SMILES string of the molecule is CCNC(=O)Nc1ncnc2c1ncn2C1OC(COc2ccc(F)cc2C(=O)O)C2O[C@H](C=Cc3ccccc3)OC21. The smallest absolute Gasteiger partial charge is 0.339 e. The number of carboxylic acids is 1. The van der Waals surface area contributed by atoms with Gasteiger partial charge in [-0.3, -0.25) is 9.88 Å². The molecule has 0 aliphatic carbocycles. The van der Waals surface area contributed by atoms with Crippen molar-refractivity contribution in [2.45, 2.75) is 37.8 Å². The van der Waals surface area contributed by atoms with Crippen LogP contribution in [0, 0.1) is 5.82 Å². The number of carbonyl (C=O) groups excluding carboxylic acids is 1. The zero-order valence-electron chi connectivity index (χ0n) is 22.8. The maximum absolute atomic E-state index is 13.7. The molecular weight excluding hydrogens is 563 g/mol. The summed E-state index contributed by atoms with van der Waals surface area (Å²) >= 11 is 0. The minimum atomic E-state index is -1.33. The first-order valence-electron chi connectivity index (χ1n) is 13.5. The summed E-state index contributed by atoms with van der Waals surface area (Å²) in [5, 5.41) is 14.8. The van der Waals surface area contributed by atoms with Crippen molar-refractivity contribution >= 4 is 35.1 Å². The molecule has 13 nitrogen and oxygen atoms in total. The number of nitrogens with one attached hydrogen (secondary N) is 2. The van der Waals surface area contributed by atoms with E-state index in [0.717, 1.165) is 17.7 Å². The van der Waals surface area contributed by atoms with E-state index in [9.17, 15) is 19.1 Å². The lowest BCUT2D eigenvalue weighted by molar-refractivity contribution is -0.131. The number of hydrogen-bond acceptors (Lipinski definition) is 9. The van der Waals surface area contributed by atoms with Crippen molar-refractivity contribution in [3.8, 4) is 5.75 Å². The summed E-state index contributed by atoms with van der Waals surface area (Å²) in [4.78, 5) is 36.7. The molecule has 6 rings (SSSR count). The number of carbonyl (C=O) groups is 2. The van der Waals surface area contributed by atoms with E-state index in [1.54, 1.807) is 17.6 Å². The van der Waals surface area contributed by atoms with Gasteiger partial charge in [0.2, 0.25) is 0 Å². The third-order valence-corrected chi connectivity index (χ3v) is 6.89. The Balaban J connectivity index is 1.28. The molecule has 4 heterocycles. The van der Waals surface area contributed by atoms with Crippen LogP contribution in [0.5, 0.6) is 5.75 Å². The zero-order chi connectivity index (χ0) is 29.9. The highest BCUT2D eigenvalue weighted by Gasteiger charge is 2.53. The number of amides is 2. The molecule has 2 aliphatic rings. The molecule has 43 heavy (non-hydrogen) atoms. The molecule has 0 saturated carbocycles. The Morgan fingerprint density at radius 1 is 1.09 bits per heavy atom. The number of aromatic nitrogens is 4. The van der Waals surface area contributed by atoms with Gasteiger partial charge in [-0.15, -0.1) is 0 Å². The standard InChI is InChI=1S/C29H27FN6O7/c1-2-31-29(39)35-25-22-26(33-14-32-25)36(15-34-22)27-24-23(42-21(43-24)11-8-16-6-4-3-5-7-16)20(41-27)13-40-19-10-9-17(30)12-18(19)28(37)38/h3-12,14-15,20-21,23-24,27H,2,13H2,1H3,(H,37,38)(H2,31,32,33,35,39)/t20?,21-,23?,24?,27?/m0/s1. The Hall–Kier alpha value is -4.92. The number of halogens is 1. The molecule has 2 aliphatic heterocycles. The summed E-state index contributed by atoms with van der Waals surface area (Å²) in [6.45, 7) is 2.11. The Labute approximate surface area is 244 Å². The van der Waals surface area contributed by atoms with E-state index in [-0.39, 0.29) is 23.7 Å². The van der Waals surface area contributed by atoms with Crippen LogP contribution < -0.4 is 15.4 Å². The molecule has 2 saturated heterocycles. The fraction of sp³-hybridized carbons (Fsp3) is 0.276. The highest BCUT2D eigenvalue weighted by Crippen LogP contribution is 2.41. The highest BCUT2D eigenvalue weighted by molar-refractivity contribution is 5.95. The molecule has 0 bridgehead atoms. The lowest BCUT2D eigenvalue weighted by Crippen LogP contribution is -2.33. The molecule has 2 aromatic heterocycles. The van der Waals surface area contributed by atoms with Crippen LogP contribution in [0.25, 0.3) is 17.2 Å². The quantitative estimate of drug-likeness (QED) is 0.263. The van der Waals surface area contributed by atoms with Gasteiger partial charge in [-0.25, -0.2) is 28.9 Å². The van der Waals surface area contributed by atoms with E-state index >= 15 is 0 Å². The van der Waals surface area contributed by atoms with Crippen molar-refractivity contribution < 1.29 is 38.0 Å². The number of benzene rings is 2. The number of fused-ring (bicyclic) bond motifs is 2. The number of hydrogen-bond donors (Lipinski definition) is 3. The second-order valence-corrected chi connectivity index (χ2v) is 9.69. The van der Waals surface area contributed by atoms with Gasteiger partial charge in [0.05, 0.1) is 6.33 Å². The summed E-state index contributed by atoms with van der Waals surface area (Å²) < 4.78 is 40.0. The largest absolute Gasteiger partial charge is 0.490 e. The lowest BCUT2D eigenvalue weighted by Gasteiger charge is -2.21. The Morgan fingerprint density at radius 2 is 1.91 bits per heavy atom. The van der Waals surface area contributed by atoms with Gasteiger partial charge in [0.1, 0.15) is 48.4 Å². The van der Waals surface area contributed by atoms with Gasteiger partial charge in [0.15, 0.2) is 29.5 Å². The summed E-state index contributed by atoms with van der Waals surface area (Å²) in [5.74, 6) is -1.82. The molecule has 0 radical (unpaired) electrons. The first-order chi connectivity index (χ1) is 20.9. The number of anilines is 1. The number of ether oxygens (including phenoxy) is 4. The molecule has 4 unspecified atom stereocenters. The third kappa shape index (κ3) is 5.88. The van der Waals surface area contributed by atoms with Gasteiger partial charge in [-0.05, 0) is 36.8 Å².